The lowest BCUT2D eigenvalue weighted by Gasteiger charge is -2.32. The summed E-state index contributed by atoms with van der Waals surface area (Å²) in [6.07, 6.45) is 8.73. The monoisotopic (exact) mass is 328 g/mol. The Labute approximate surface area is 144 Å². The molecule has 0 aliphatic heterocycles. The molecule has 0 amide bonds. The lowest BCUT2D eigenvalue weighted by atomic mass is 9.73. The Morgan fingerprint density at radius 3 is 2.54 bits per heavy atom. The van der Waals surface area contributed by atoms with Crippen molar-refractivity contribution in [1.29, 1.82) is 0 Å². The maximum atomic E-state index is 9.81. The number of hydrogen-bond donors (Lipinski definition) is 3. The van der Waals surface area contributed by atoms with Crippen LogP contribution >= 0.6 is 0 Å². The Bertz CT molecular complexity index is 620. The first-order valence-corrected chi connectivity index (χ1v) is 9.06. The minimum absolute atomic E-state index is 0.336. The zero-order chi connectivity index (χ0) is 17.1. The average molecular weight is 328 g/mol. The van der Waals surface area contributed by atoms with Crippen LogP contribution in [-0.2, 0) is 0 Å². The van der Waals surface area contributed by atoms with E-state index in [1.54, 1.807) is 6.07 Å². The molecule has 3 heteroatoms. The number of benzene rings is 1. The summed E-state index contributed by atoms with van der Waals surface area (Å²) >= 11 is 0. The van der Waals surface area contributed by atoms with Crippen LogP contribution in [0.3, 0.4) is 0 Å². The van der Waals surface area contributed by atoms with Gasteiger partial charge in [-0.05, 0) is 68.1 Å². The second-order valence-electron chi connectivity index (χ2n) is 7.40. The molecular weight excluding hydrogens is 300 g/mol. The van der Waals surface area contributed by atoms with Crippen LogP contribution in [0.25, 0.3) is 0 Å². The van der Waals surface area contributed by atoms with Crippen molar-refractivity contribution in [2.45, 2.75) is 63.6 Å². The number of phenols is 1. The largest absolute Gasteiger partial charge is 0.508 e. The molecule has 0 saturated heterocycles. The van der Waals surface area contributed by atoms with E-state index in [2.05, 4.69) is 25.1 Å². The molecule has 3 N–H and O–H groups in total. The predicted octanol–water partition coefficient (Wildman–Crippen LogP) is 4.05. The normalized spacial score (nSPS) is 32.8. The van der Waals surface area contributed by atoms with Gasteiger partial charge in [-0.2, -0.15) is 0 Å². The molecule has 2 aliphatic rings. The van der Waals surface area contributed by atoms with Crippen molar-refractivity contribution in [1.82, 2.24) is 0 Å². The Kier molecular flexibility index (Phi) is 5.42. The van der Waals surface area contributed by atoms with Crippen molar-refractivity contribution in [3.05, 3.63) is 53.1 Å². The maximum absolute atomic E-state index is 9.81. The molecule has 0 radical (unpaired) electrons. The SMILES string of the molecule is C[C@@H]1/C(=C/C=C2C[C@@H](O)C[C@H](O)C2)CCC[C@H]1c1cccc(O)c1. The molecule has 3 rings (SSSR count). The molecule has 2 saturated carbocycles. The van der Waals surface area contributed by atoms with Crippen LogP contribution in [0, 0.1) is 5.92 Å². The van der Waals surface area contributed by atoms with E-state index in [0.717, 1.165) is 24.8 Å². The molecule has 3 nitrogen and oxygen atoms in total. The van der Waals surface area contributed by atoms with Crippen LogP contribution in [0.5, 0.6) is 5.75 Å². The summed E-state index contributed by atoms with van der Waals surface area (Å²) in [6.45, 7) is 2.27. The highest BCUT2D eigenvalue weighted by Crippen LogP contribution is 2.41. The highest BCUT2D eigenvalue weighted by molar-refractivity contribution is 5.33. The number of phenolic OH excluding ortho intramolecular Hbond substituents is 1. The molecule has 1 aromatic rings. The first-order valence-electron chi connectivity index (χ1n) is 9.06. The van der Waals surface area contributed by atoms with E-state index in [1.165, 1.54) is 11.1 Å². The van der Waals surface area contributed by atoms with E-state index in [9.17, 15) is 15.3 Å². The van der Waals surface area contributed by atoms with Crippen molar-refractivity contribution in [2.75, 3.05) is 0 Å². The fraction of sp³-hybridized carbons (Fsp3) is 0.524. The average Bonchev–Trinajstić information content (AvgIpc) is 2.53. The van der Waals surface area contributed by atoms with Crippen molar-refractivity contribution in [2.24, 2.45) is 5.92 Å². The highest BCUT2D eigenvalue weighted by Gasteiger charge is 2.27. The van der Waals surface area contributed by atoms with Gasteiger partial charge < -0.3 is 15.3 Å². The van der Waals surface area contributed by atoms with Gasteiger partial charge in [-0.3, -0.25) is 0 Å². The quantitative estimate of drug-likeness (QED) is 0.767. The fourth-order valence-electron chi connectivity index (χ4n) is 4.24. The molecular formula is C21H28O3. The lowest BCUT2D eigenvalue weighted by Crippen LogP contribution is -2.24. The Morgan fingerprint density at radius 2 is 1.83 bits per heavy atom. The van der Waals surface area contributed by atoms with E-state index >= 15 is 0 Å². The first kappa shape index (κ1) is 17.2. The van der Waals surface area contributed by atoms with Crippen LogP contribution < -0.4 is 0 Å². The van der Waals surface area contributed by atoms with Crippen LogP contribution in [0.15, 0.2) is 47.6 Å². The summed E-state index contributed by atoms with van der Waals surface area (Å²) in [4.78, 5) is 0. The van der Waals surface area contributed by atoms with E-state index in [-0.39, 0.29) is 0 Å². The Hall–Kier alpha value is -1.58. The summed E-state index contributed by atoms with van der Waals surface area (Å²) in [6, 6.07) is 7.63. The van der Waals surface area contributed by atoms with Crippen molar-refractivity contribution in [3.8, 4) is 5.75 Å². The Balaban J connectivity index is 1.76. The second-order valence-corrected chi connectivity index (χ2v) is 7.40. The predicted molar refractivity (Wildman–Crippen MR) is 95.9 cm³/mol. The molecule has 0 unspecified atom stereocenters. The molecule has 0 bridgehead atoms. The van der Waals surface area contributed by atoms with Crippen LogP contribution in [0.2, 0.25) is 0 Å². The van der Waals surface area contributed by atoms with Crippen molar-refractivity contribution in [3.63, 3.8) is 0 Å². The van der Waals surface area contributed by atoms with E-state index < -0.39 is 12.2 Å². The molecule has 4 atom stereocenters. The second kappa shape index (κ2) is 7.54. The third-order valence-corrected chi connectivity index (χ3v) is 5.54. The highest BCUT2D eigenvalue weighted by atomic mass is 16.3. The van der Waals surface area contributed by atoms with Gasteiger partial charge in [-0.25, -0.2) is 0 Å². The van der Waals surface area contributed by atoms with Gasteiger partial charge >= 0.3 is 0 Å². The number of allylic oxidation sites excluding steroid dienone is 3. The van der Waals surface area contributed by atoms with Gasteiger partial charge in [0.2, 0.25) is 0 Å². The summed E-state index contributed by atoms with van der Waals surface area (Å²) < 4.78 is 0. The number of aliphatic hydroxyl groups excluding tert-OH is 2. The maximum Gasteiger partial charge on any atom is 0.115 e. The zero-order valence-electron chi connectivity index (χ0n) is 14.4. The van der Waals surface area contributed by atoms with Gasteiger partial charge in [-0.15, -0.1) is 0 Å². The molecule has 2 fully saturated rings. The summed E-state index contributed by atoms with van der Waals surface area (Å²) in [5.41, 5.74) is 3.78. The zero-order valence-corrected chi connectivity index (χ0v) is 14.4. The first-order chi connectivity index (χ1) is 11.5. The van der Waals surface area contributed by atoms with Gasteiger partial charge in [0.15, 0.2) is 0 Å². The van der Waals surface area contributed by atoms with Gasteiger partial charge in [0.1, 0.15) is 5.75 Å². The molecule has 1 aromatic carbocycles. The minimum Gasteiger partial charge on any atom is -0.508 e. The van der Waals surface area contributed by atoms with Crippen molar-refractivity contribution < 1.29 is 15.3 Å². The third-order valence-electron chi connectivity index (χ3n) is 5.54. The van der Waals surface area contributed by atoms with Gasteiger partial charge in [0, 0.05) is 0 Å². The minimum atomic E-state index is -0.415. The molecule has 0 heterocycles. The molecule has 0 aromatic heterocycles. The van der Waals surface area contributed by atoms with Crippen LogP contribution in [0.4, 0.5) is 0 Å². The standard InChI is InChI=1S/C21H28O3/c1-14-16(9-8-15-10-19(23)13-20(24)11-15)4-3-7-21(14)17-5-2-6-18(22)12-17/h2,5-6,8-9,12,14,19-24H,3-4,7,10-11,13H2,1H3/b16-9+/t14-,19-,20-,21-/m1/s1. The van der Waals surface area contributed by atoms with Crippen LogP contribution in [-0.4, -0.2) is 27.5 Å². The van der Waals surface area contributed by atoms with E-state index in [0.29, 0.717) is 36.8 Å². The van der Waals surface area contributed by atoms with E-state index in [4.69, 9.17) is 0 Å². The third kappa shape index (κ3) is 4.08. The number of hydrogen-bond acceptors (Lipinski definition) is 3. The van der Waals surface area contributed by atoms with Gasteiger partial charge in [0.25, 0.3) is 0 Å². The number of rotatable bonds is 2. The number of aromatic hydroxyl groups is 1. The lowest BCUT2D eigenvalue weighted by molar-refractivity contribution is 0.0609. The summed E-state index contributed by atoms with van der Waals surface area (Å²) in [5.74, 6) is 1.22. The topological polar surface area (TPSA) is 60.7 Å². The Morgan fingerprint density at radius 1 is 1.08 bits per heavy atom. The smallest absolute Gasteiger partial charge is 0.115 e. The molecule has 2 aliphatic carbocycles. The molecule has 130 valence electrons. The number of aliphatic hydroxyl groups is 2. The summed E-state index contributed by atoms with van der Waals surface area (Å²) in [7, 11) is 0. The fourth-order valence-corrected chi connectivity index (χ4v) is 4.24. The van der Waals surface area contributed by atoms with Crippen molar-refractivity contribution >= 4 is 0 Å². The van der Waals surface area contributed by atoms with E-state index in [1.807, 2.05) is 12.1 Å². The molecule has 0 spiro atoms. The molecule has 24 heavy (non-hydrogen) atoms. The van der Waals surface area contributed by atoms with Gasteiger partial charge in [0.05, 0.1) is 12.2 Å². The summed E-state index contributed by atoms with van der Waals surface area (Å²) in [5, 5.41) is 29.4. The van der Waals surface area contributed by atoms with Gasteiger partial charge in [-0.1, -0.05) is 42.4 Å². The van der Waals surface area contributed by atoms with Crippen LogP contribution in [0.1, 0.15) is 56.9 Å².